The summed E-state index contributed by atoms with van der Waals surface area (Å²) in [4.78, 5) is 4.00. The Morgan fingerprint density at radius 3 is 2.75 bits per heavy atom. The number of hydrogen-bond donors (Lipinski definition) is 1. The van der Waals surface area contributed by atoms with Gasteiger partial charge in [-0.15, -0.1) is 0 Å². The van der Waals surface area contributed by atoms with Crippen LogP contribution in [0.15, 0.2) is 36.5 Å². The van der Waals surface area contributed by atoms with Crippen LogP contribution in [0.5, 0.6) is 11.6 Å². The summed E-state index contributed by atoms with van der Waals surface area (Å²) in [6.45, 7) is 3.44. The third-order valence-corrected chi connectivity index (χ3v) is 2.91. The summed E-state index contributed by atoms with van der Waals surface area (Å²) in [5, 5.41) is 3.84. The van der Waals surface area contributed by atoms with Crippen molar-refractivity contribution in [2.45, 2.75) is 19.9 Å². The third kappa shape index (κ3) is 4.18. The summed E-state index contributed by atoms with van der Waals surface area (Å²) in [6.07, 6.45) is 2.16. The lowest BCUT2D eigenvalue weighted by atomic mass is 10.2. The number of halogens is 2. The SMILES string of the molecule is CCCNCc1cc(F)cnc1Oc1ccc(Cl)cc1. The van der Waals surface area contributed by atoms with Gasteiger partial charge < -0.3 is 10.1 Å². The predicted molar refractivity (Wildman–Crippen MR) is 77.7 cm³/mol. The molecule has 0 bridgehead atoms. The first-order valence-corrected chi connectivity index (χ1v) is 6.85. The Hall–Kier alpha value is -1.65. The van der Waals surface area contributed by atoms with Gasteiger partial charge in [0.2, 0.25) is 5.88 Å². The van der Waals surface area contributed by atoms with Crippen LogP contribution in [0.1, 0.15) is 18.9 Å². The molecule has 0 atom stereocenters. The van der Waals surface area contributed by atoms with Crippen molar-refractivity contribution in [1.82, 2.24) is 10.3 Å². The van der Waals surface area contributed by atoms with E-state index in [2.05, 4.69) is 17.2 Å². The van der Waals surface area contributed by atoms with Crippen molar-refractivity contribution in [3.63, 3.8) is 0 Å². The van der Waals surface area contributed by atoms with E-state index in [9.17, 15) is 4.39 Å². The van der Waals surface area contributed by atoms with E-state index >= 15 is 0 Å². The zero-order valence-corrected chi connectivity index (χ0v) is 12.0. The van der Waals surface area contributed by atoms with E-state index in [4.69, 9.17) is 16.3 Å². The smallest absolute Gasteiger partial charge is 0.223 e. The van der Waals surface area contributed by atoms with Gasteiger partial charge in [-0.1, -0.05) is 18.5 Å². The average molecular weight is 295 g/mol. The minimum atomic E-state index is -0.373. The summed E-state index contributed by atoms with van der Waals surface area (Å²) in [6, 6.07) is 8.39. The normalized spacial score (nSPS) is 10.6. The first-order valence-electron chi connectivity index (χ1n) is 6.47. The van der Waals surface area contributed by atoms with Crippen LogP contribution >= 0.6 is 11.6 Å². The van der Waals surface area contributed by atoms with Gasteiger partial charge in [-0.05, 0) is 43.3 Å². The lowest BCUT2D eigenvalue weighted by Gasteiger charge is -2.10. The molecule has 3 nitrogen and oxygen atoms in total. The summed E-state index contributed by atoms with van der Waals surface area (Å²) < 4.78 is 19.0. The standard InChI is InChI=1S/C15H16ClFN2O/c1-2-7-18-9-11-8-13(17)10-19-15(11)20-14-5-3-12(16)4-6-14/h3-6,8,10,18H,2,7,9H2,1H3. The van der Waals surface area contributed by atoms with Crippen molar-refractivity contribution in [3.05, 3.63) is 52.9 Å². The molecule has 106 valence electrons. The fourth-order valence-electron chi connectivity index (χ4n) is 1.70. The van der Waals surface area contributed by atoms with Gasteiger partial charge in [-0.25, -0.2) is 9.37 Å². The predicted octanol–water partition coefficient (Wildman–Crippen LogP) is 4.17. The van der Waals surface area contributed by atoms with Gasteiger partial charge in [0.05, 0.1) is 6.20 Å². The van der Waals surface area contributed by atoms with Gasteiger partial charge in [0.15, 0.2) is 0 Å². The van der Waals surface area contributed by atoms with Crippen LogP contribution in [0, 0.1) is 5.82 Å². The van der Waals surface area contributed by atoms with Crippen LogP contribution in [0.25, 0.3) is 0 Å². The van der Waals surface area contributed by atoms with E-state index < -0.39 is 0 Å². The van der Waals surface area contributed by atoms with Gasteiger partial charge in [-0.3, -0.25) is 0 Å². The first kappa shape index (κ1) is 14.8. The molecule has 5 heteroatoms. The zero-order valence-electron chi connectivity index (χ0n) is 11.2. The largest absolute Gasteiger partial charge is 0.439 e. The average Bonchev–Trinajstić information content (AvgIpc) is 2.44. The quantitative estimate of drug-likeness (QED) is 0.812. The van der Waals surface area contributed by atoms with Gasteiger partial charge >= 0.3 is 0 Å². The number of aromatic nitrogens is 1. The maximum Gasteiger partial charge on any atom is 0.223 e. The molecule has 1 aromatic carbocycles. The molecule has 0 saturated carbocycles. The summed E-state index contributed by atoms with van der Waals surface area (Å²) in [7, 11) is 0. The fourth-order valence-corrected chi connectivity index (χ4v) is 1.83. The van der Waals surface area contributed by atoms with Crippen molar-refractivity contribution >= 4 is 11.6 Å². The minimum Gasteiger partial charge on any atom is -0.439 e. The third-order valence-electron chi connectivity index (χ3n) is 2.66. The Labute approximate surface area is 122 Å². The first-order chi connectivity index (χ1) is 9.69. The molecular weight excluding hydrogens is 279 g/mol. The van der Waals surface area contributed by atoms with Crippen molar-refractivity contribution in [2.75, 3.05) is 6.54 Å². The number of nitrogens with zero attached hydrogens (tertiary/aromatic N) is 1. The molecule has 0 radical (unpaired) electrons. The molecule has 2 aromatic rings. The summed E-state index contributed by atoms with van der Waals surface area (Å²) in [5.74, 6) is 0.643. The summed E-state index contributed by atoms with van der Waals surface area (Å²) in [5.41, 5.74) is 0.688. The molecule has 0 fully saturated rings. The Bertz CT molecular complexity index is 560. The van der Waals surface area contributed by atoms with Gasteiger partial charge in [-0.2, -0.15) is 0 Å². The van der Waals surface area contributed by atoms with Crippen molar-refractivity contribution in [3.8, 4) is 11.6 Å². The molecule has 0 amide bonds. The van der Waals surface area contributed by atoms with E-state index in [1.165, 1.54) is 6.07 Å². The highest BCUT2D eigenvalue weighted by molar-refractivity contribution is 6.30. The van der Waals surface area contributed by atoms with Crippen molar-refractivity contribution in [2.24, 2.45) is 0 Å². The zero-order chi connectivity index (χ0) is 14.4. The lowest BCUT2D eigenvalue weighted by Crippen LogP contribution is -2.15. The van der Waals surface area contributed by atoms with E-state index in [0.717, 1.165) is 19.2 Å². The minimum absolute atomic E-state index is 0.373. The fraction of sp³-hybridized carbons (Fsp3) is 0.267. The maximum atomic E-state index is 13.3. The molecule has 1 aromatic heterocycles. The second kappa shape index (κ2) is 7.22. The number of rotatable bonds is 6. The molecule has 20 heavy (non-hydrogen) atoms. The molecule has 0 aliphatic rings. The number of pyridine rings is 1. The Kier molecular flexibility index (Phi) is 5.32. The number of ether oxygens (including phenoxy) is 1. The molecule has 1 N–H and O–H groups in total. The van der Waals surface area contributed by atoms with Crippen LogP contribution in [-0.2, 0) is 6.54 Å². The van der Waals surface area contributed by atoms with Gasteiger partial charge in [0.1, 0.15) is 11.6 Å². The maximum absolute atomic E-state index is 13.3. The molecule has 0 unspecified atom stereocenters. The highest BCUT2D eigenvalue weighted by atomic mass is 35.5. The van der Waals surface area contributed by atoms with Crippen LogP contribution in [0.3, 0.4) is 0 Å². The molecule has 0 spiro atoms. The van der Waals surface area contributed by atoms with Crippen LogP contribution < -0.4 is 10.1 Å². The van der Waals surface area contributed by atoms with E-state index in [-0.39, 0.29) is 5.82 Å². The number of benzene rings is 1. The van der Waals surface area contributed by atoms with Gasteiger partial charge in [0.25, 0.3) is 0 Å². The summed E-state index contributed by atoms with van der Waals surface area (Å²) >= 11 is 5.82. The molecular formula is C15H16ClFN2O. The lowest BCUT2D eigenvalue weighted by molar-refractivity contribution is 0.448. The van der Waals surface area contributed by atoms with Crippen LogP contribution in [-0.4, -0.2) is 11.5 Å². The van der Waals surface area contributed by atoms with Crippen molar-refractivity contribution < 1.29 is 9.13 Å². The molecule has 0 saturated heterocycles. The molecule has 1 heterocycles. The number of nitrogens with one attached hydrogen (secondary N) is 1. The Morgan fingerprint density at radius 2 is 2.05 bits per heavy atom. The van der Waals surface area contributed by atoms with E-state index in [1.54, 1.807) is 24.3 Å². The number of hydrogen-bond acceptors (Lipinski definition) is 3. The van der Waals surface area contributed by atoms with E-state index in [0.29, 0.717) is 28.8 Å². The highest BCUT2D eigenvalue weighted by Crippen LogP contribution is 2.24. The monoisotopic (exact) mass is 294 g/mol. The van der Waals surface area contributed by atoms with Crippen LogP contribution in [0.2, 0.25) is 5.02 Å². The van der Waals surface area contributed by atoms with Crippen LogP contribution in [0.4, 0.5) is 4.39 Å². The highest BCUT2D eigenvalue weighted by Gasteiger charge is 2.08. The second-order valence-electron chi connectivity index (χ2n) is 4.35. The Balaban J connectivity index is 2.15. The second-order valence-corrected chi connectivity index (χ2v) is 4.79. The molecule has 2 rings (SSSR count). The van der Waals surface area contributed by atoms with Crippen molar-refractivity contribution in [1.29, 1.82) is 0 Å². The molecule has 0 aliphatic carbocycles. The van der Waals surface area contributed by atoms with E-state index in [1.807, 2.05) is 0 Å². The van der Waals surface area contributed by atoms with Gasteiger partial charge in [0, 0.05) is 17.1 Å². The Morgan fingerprint density at radius 1 is 1.30 bits per heavy atom. The molecule has 0 aliphatic heterocycles. The topological polar surface area (TPSA) is 34.2 Å².